The van der Waals surface area contributed by atoms with Gasteiger partial charge in [-0.05, 0) is 138 Å². The third kappa shape index (κ3) is 20.5. The van der Waals surface area contributed by atoms with E-state index in [0.29, 0.717) is 56.4 Å². The third-order valence-electron chi connectivity index (χ3n) is 18.0. The number of piperazine rings is 2. The Kier molecular flexibility index (Phi) is 26.2. The zero-order chi connectivity index (χ0) is 76.3. The minimum absolute atomic E-state index is 0.0974. The van der Waals surface area contributed by atoms with Gasteiger partial charge in [-0.1, -0.05) is 13.8 Å². The first kappa shape index (κ1) is 77.2. The second-order valence-corrected chi connectivity index (χ2v) is 26.2. The number of nitrogens with zero attached hydrogens (tertiary/aromatic N) is 20. The van der Waals surface area contributed by atoms with Gasteiger partial charge in [0.25, 0.3) is 0 Å². The van der Waals surface area contributed by atoms with Crippen LogP contribution in [0.15, 0.2) is 147 Å². The molecule has 7 amide bonds. The van der Waals surface area contributed by atoms with Gasteiger partial charge >= 0.3 is 18.2 Å². The standard InChI is InChI=1S/C26H34N8O3.C24H31N9O2.C24H30N8O3/c1-6-13-37-26(36)31(5)22-9-7-21(8-10-22)29-25-28-17-33(30-25)23-11-12-27-24(14-23)32-15-18(2)34(20(4)35)19(3)16-32;1-16-13-31(14-17(2)33(16)18(3)34)22-12-21(10-11-26-22)32-15-27-23(29-32)28-19-6-8-20(9-7-19)30(5)24(35)25-4;1-3-15-35-24(34)28-20-7-5-19(6-8-20)27-23-26-17-32(29-23)21-9-10-25-22(16-21)31-12-4-11-30(13-14-31)18(2)33/h7-12,14,17-19H,6,13,15-16H2,1-5H3,(H,29,30);6-12,15-17H,13-14H2,1-5H3,(H,25,35)(H,28,29);5-10,16-17H,3-4,11-15H2,1-2H3,(H,27,29)(H,28,34)/t18-,19+;16-,17+;. The number of carbonyl (C=O) groups is 6. The molecule has 33 nitrogen and oxygen atoms in total. The van der Waals surface area contributed by atoms with E-state index in [9.17, 15) is 28.8 Å². The maximum atomic E-state index is 12.1. The minimum atomic E-state index is -0.471. The van der Waals surface area contributed by atoms with E-state index in [1.807, 2.05) is 126 Å². The number of ether oxygens (including phenoxy) is 2. The van der Waals surface area contributed by atoms with E-state index >= 15 is 0 Å². The van der Waals surface area contributed by atoms with Crippen molar-refractivity contribution in [3.63, 3.8) is 0 Å². The van der Waals surface area contributed by atoms with Crippen LogP contribution >= 0.6 is 0 Å². The van der Waals surface area contributed by atoms with Gasteiger partial charge in [0, 0.05) is 189 Å². The molecule has 4 atom stereocenters. The van der Waals surface area contributed by atoms with E-state index in [2.05, 4.69) is 114 Å². The fourth-order valence-electron chi connectivity index (χ4n) is 12.8. The smallest absolute Gasteiger partial charge is 0.414 e. The van der Waals surface area contributed by atoms with Crippen molar-refractivity contribution in [3.8, 4) is 17.1 Å². The molecule has 564 valence electrons. The Morgan fingerprint density at radius 3 is 1.23 bits per heavy atom. The van der Waals surface area contributed by atoms with Gasteiger partial charge in [-0.15, -0.1) is 15.3 Å². The summed E-state index contributed by atoms with van der Waals surface area (Å²) in [5.74, 6) is 4.16. The SMILES string of the molecule is CCCOC(=O)N(C)c1ccc(Nc2ncn(-c3ccnc(N4C[C@@H](C)N(C(C)=O)[C@@H](C)C4)c3)n2)cc1.CCCOC(=O)Nc1ccc(Nc2ncn(-c3ccnc(N4CCCN(C(C)=O)CC4)c3)n2)cc1.CNC(=O)N(C)c1ccc(Nc2ncn(-c3ccnc(N4C[C@@H](C)N(C(C)=O)[C@@H](C)C4)c3)n2)cc1. The molecule has 12 rings (SSSR count). The average Bonchev–Trinajstić information content (AvgIpc) is 1.76. The van der Waals surface area contributed by atoms with Crippen molar-refractivity contribution < 1.29 is 38.2 Å². The number of hydrogen-bond donors (Lipinski definition) is 5. The molecule has 0 saturated carbocycles. The number of pyridine rings is 3. The van der Waals surface area contributed by atoms with Gasteiger partial charge in [0.15, 0.2) is 0 Å². The van der Waals surface area contributed by atoms with Gasteiger partial charge < -0.3 is 60.1 Å². The van der Waals surface area contributed by atoms with Crippen LogP contribution in [0.4, 0.5) is 83.8 Å². The maximum Gasteiger partial charge on any atom is 0.414 e. The fraction of sp³-hybridized carbons (Fsp3) is 0.392. The zero-order valence-electron chi connectivity index (χ0n) is 62.6. The highest BCUT2D eigenvalue weighted by molar-refractivity contribution is 5.91. The van der Waals surface area contributed by atoms with Crippen molar-refractivity contribution in [3.05, 3.63) is 147 Å². The zero-order valence-corrected chi connectivity index (χ0v) is 62.6. The van der Waals surface area contributed by atoms with Crippen molar-refractivity contribution in [2.45, 2.75) is 106 Å². The molecule has 6 aromatic heterocycles. The monoisotopic (exact) mass is 1460 g/mol. The Labute approximate surface area is 622 Å². The predicted octanol–water partition coefficient (Wildman–Crippen LogP) is 9.88. The van der Waals surface area contributed by atoms with Crippen LogP contribution in [-0.4, -0.2) is 221 Å². The summed E-state index contributed by atoms with van der Waals surface area (Å²) in [5, 5.41) is 28.4. The first-order valence-electron chi connectivity index (χ1n) is 35.7. The predicted molar refractivity (Wildman–Crippen MR) is 411 cm³/mol. The lowest BCUT2D eigenvalue weighted by atomic mass is 10.1. The molecule has 9 heterocycles. The molecule has 0 spiro atoms. The number of rotatable bonds is 19. The Morgan fingerprint density at radius 2 is 0.841 bits per heavy atom. The first-order chi connectivity index (χ1) is 51.5. The molecule has 3 aliphatic rings. The Morgan fingerprint density at radius 1 is 0.458 bits per heavy atom. The average molecular weight is 1460 g/mol. The molecule has 3 fully saturated rings. The van der Waals surface area contributed by atoms with Crippen LogP contribution in [0.3, 0.4) is 0 Å². The van der Waals surface area contributed by atoms with E-state index in [1.165, 1.54) is 9.80 Å². The van der Waals surface area contributed by atoms with Crippen molar-refractivity contribution in [2.24, 2.45) is 0 Å². The van der Waals surface area contributed by atoms with Crippen molar-refractivity contribution in [1.82, 2.24) is 79.3 Å². The van der Waals surface area contributed by atoms with Gasteiger partial charge in [-0.2, -0.15) is 15.0 Å². The molecule has 33 heteroatoms. The molecule has 5 N–H and O–H groups in total. The van der Waals surface area contributed by atoms with Gasteiger partial charge in [-0.3, -0.25) is 29.5 Å². The number of amides is 7. The Balaban J connectivity index is 0.000000172. The van der Waals surface area contributed by atoms with Crippen LogP contribution in [0.2, 0.25) is 0 Å². The molecule has 3 saturated heterocycles. The lowest BCUT2D eigenvalue weighted by molar-refractivity contribution is -0.134. The molecule has 0 aliphatic carbocycles. The van der Waals surface area contributed by atoms with Crippen LogP contribution in [0, 0.1) is 0 Å². The molecule has 3 aliphatic heterocycles. The topological polar surface area (TPSA) is 338 Å². The molecular weight excluding hydrogens is 1370 g/mol. The molecule has 107 heavy (non-hydrogen) atoms. The molecular formula is C74H95N25O8. The van der Waals surface area contributed by atoms with E-state index in [-0.39, 0.29) is 54.0 Å². The van der Waals surface area contributed by atoms with Crippen LogP contribution in [0.25, 0.3) is 17.1 Å². The van der Waals surface area contributed by atoms with Crippen molar-refractivity contribution in [2.75, 3.05) is 132 Å². The fourth-order valence-corrected chi connectivity index (χ4v) is 12.8. The minimum Gasteiger partial charge on any atom is -0.449 e. The number of benzene rings is 3. The van der Waals surface area contributed by atoms with Crippen molar-refractivity contribution in [1.29, 1.82) is 0 Å². The Bertz CT molecular complexity index is 4430. The van der Waals surface area contributed by atoms with Crippen LogP contribution in [-0.2, 0) is 23.9 Å². The number of urea groups is 1. The summed E-state index contributed by atoms with van der Waals surface area (Å²) in [6, 6.07) is 33.8. The summed E-state index contributed by atoms with van der Waals surface area (Å²) in [5.41, 5.74) is 7.03. The third-order valence-corrected chi connectivity index (χ3v) is 18.0. The number of carbonyl (C=O) groups excluding carboxylic acids is 6. The number of aromatic nitrogens is 12. The largest absolute Gasteiger partial charge is 0.449 e. The Hall–Kier alpha value is -12.5. The van der Waals surface area contributed by atoms with E-state index in [4.69, 9.17) is 9.47 Å². The maximum absolute atomic E-state index is 12.1. The highest BCUT2D eigenvalue weighted by Gasteiger charge is 2.34. The quantitative estimate of drug-likeness (QED) is 0.0502. The van der Waals surface area contributed by atoms with Gasteiger partial charge in [0.1, 0.15) is 36.4 Å². The first-order valence-corrected chi connectivity index (χ1v) is 35.7. The van der Waals surface area contributed by atoms with Crippen LogP contribution < -0.4 is 51.1 Å². The van der Waals surface area contributed by atoms with E-state index < -0.39 is 6.09 Å². The normalized spacial score (nSPS) is 16.3. The molecule has 9 aromatic rings. The van der Waals surface area contributed by atoms with Gasteiger partial charge in [-0.25, -0.2) is 43.4 Å². The lowest BCUT2D eigenvalue weighted by Gasteiger charge is -2.44. The summed E-state index contributed by atoms with van der Waals surface area (Å²) in [4.78, 5) is 113. The lowest BCUT2D eigenvalue weighted by Crippen LogP contribution is -2.58. The summed E-state index contributed by atoms with van der Waals surface area (Å²) in [6.45, 7) is 23.7. The number of hydrogen-bond acceptors (Lipinski definition) is 23. The van der Waals surface area contributed by atoms with E-state index in [1.54, 1.807) is 106 Å². The van der Waals surface area contributed by atoms with E-state index in [0.717, 1.165) is 115 Å². The molecule has 0 unspecified atom stereocenters. The summed E-state index contributed by atoms with van der Waals surface area (Å²) < 4.78 is 15.3. The van der Waals surface area contributed by atoms with Gasteiger partial charge in [0.05, 0.1) is 30.3 Å². The number of nitrogens with one attached hydrogen (secondary N) is 5. The summed E-state index contributed by atoms with van der Waals surface area (Å²) >= 11 is 0. The van der Waals surface area contributed by atoms with Crippen LogP contribution in [0.5, 0.6) is 0 Å². The molecule has 3 aromatic carbocycles. The molecule has 0 radical (unpaired) electrons. The second kappa shape index (κ2) is 36.3. The molecule has 0 bridgehead atoms. The van der Waals surface area contributed by atoms with Crippen LogP contribution in [0.1, 0.15) is 81.6 Å². The summed E-state index contributed by atoms with van der Waals surface area (Å²) in [6.07, 6.45) is 11.8. The highest BCUT2D eigenvalue weighted by atomic mass is 16.6. The number of anilines is 12. The highest BCUT2D eigenvalue weighted by Crippen LogP contribution is 2.28. The second-order valence-electron chi connectivity index (χ2n) is 26.2. The van der Waals surface area contributed by atoms with Crippen molar-refractivity contribution >= 4 is 105 Å². The van der Waals surface area contributed by atoms with Gasteiger partial charge in [0.2, 0.25) is 35.6 Å². The summed E-state index contributed by atoms with van der Waals surface area (Å²) in [7, 11) is 4.98.